The molecule has 6 nitrogen and oxygen atoms in total. The summed E-state index contributed by atoms with van der Waals surface area (Å²) in [6, 6.07) is -0.568. The second-order valence-corrected chi connectivity index (χ2v) is 6.87. The van der Waals surface area contributed by atoms with Gasteiger partial charge in [-0.25, -0.2) is 0 Å². The summed E-state index contributed by atoms with van der Waals surface area (Å²) in [6.07, 6.45) is -0.534. The summed E-state index contributed by atoms with van der Waals surface area (Å²) in [5.74, 6) is -0.0510. The smallest absolute Gasteiger partial charge is 0.303 e. The van der Waals surface area contributed by atoms with Crippen LogP contribution in [-0.4, -0.2) is 48.0 Å². The SMILES string of the molecule is CC(=O)OCC(CSCC(N)C(=O)C(C)(C)C)OC(C)=O. The lowest BCUT2D eigenvalue weighted by atomic mass is 9.87. The number of hydrogen-bond acceptors (Lipinski definition) is 7. The van der Waals surface area contributed by atoms with Crippen molar-refractivity contribution in [3.8, 4) is 0 Å². The van der Waals surface area contributed by atoms with Gasteiger partial charge in [0.05, 0.1) is 6.04 Å². The normalized spacial score (nSPS) is 14.2. The van der Waals surface area contributed by atoms with Crippen LogP contribution in [0, 0.1) is 5.41 Å². The van der Waals surface area contributed by atoms with Crippen molar-refractivity contribution in [3.63, 3.8) is 0 Å². The van der Waals surface area contributed by atoms with E-state index in [0.29, 0.717) is 11.5 Å². The zero-order valence-electron chi connectivity index (χ0n) is 13.3. The van der Waals surface area contributed by atoms with E-state index in [1.165, 1.54) is 25.6 Å². The monoisotopic (exact) mass is 319 g/mol. The maximum Gasteiger partial charge on any atom is 0.303 e. The highest BCUT2D eigenvalue weighted by atomic mass is 32.2. The fourth-order valence-electron chi connectivity index (χ4n) is 1.52. The van der Waals surface area contributed by atoms with E-state index in [1.54, 1.807) is 0 Å². The van der Waals surface area contributed by atoms with Gasteiger partial charge in [0.2, 0.25) is 0 Å². The van der Waals surface area contributed by atoms with Gasteiger partial charge in [-0.05, 0) is 0 Å². The van der Waals surface area contributed by atoms with Gasteiger partial charge in [-0.2, -0.15) is 11.8 Å². The highest BCUT2D eigenvalue weighted by Crippen LogP contribution is 2.18. The largest absolute Gasteiger partial charge is 0.462 e. The van der Waals surface area contributed by atoms with E-state index >= 15 is 0 Å². The molecule has 2 unspecified atom stereocenters. The van der Waals surface area contributed by atoms with Crippen LogP contribution in [0.5, 0.6) is 0 Å². The minimum Gasteiger partial charge on any atom is -0.462 e. The van der Waals surface area contributed by atoms with E-state index in [2.05, 4.69) is 0 Å². The van der Waals surface area contributed by atoms with Crippen molar-refractivity contribution < 1.29 is 23.9 Å². The van der Waals surface area contributed by atoms with Crippen LogP contribution in [0.1, 0.15) is 34.6 Å². The molecule has 7 heteroatoms. The Labute approximate surface area is 130 Å². The Bertz CT molecular complexity index is 378. The maximum absolute atomic E-state index is 11.9. The Balaban J connectivity index is 4.26. The Kier molecular flexibility index (Phi) is 8.58. The highest BCUT2D eigenvalue weighted by molar-refractivity contribution is 7.99. The van der Waals surface area contributed by atoms with Crippen molar-refractivity contribution in [3.05, 3.63) is 0 Å². The average molecular weight is 319 g/mol. The molecule has 0 aromatic heterocycles. The molecule has 0 amide bonds. The third-order valence-corrected chi connectivity index (χ3v) is 3.68. The maximum atomic E-state index is 11.9. The summed E-state index contributed by atoms with van der Waals surface area (Å²) in [6.45, 7) is 8.05. The highest BCUT2D eigenvalue weighted by Gasteiger charge is 2.27. The van der Waals surface area contributed by atoms with Gasteiger partial charge in [-0.15, -0.1) is 0 Å². The fourth-order valence-corrected chi connectivity index (χ4v) is 2.49. The molecule has 0 aliphatic rings. The zero-order valence-corrected chi connectivity index (χ0v) is 14.1. The van der Waals surface area contributed by atoms with Gasteiger partial charge in [0, 0.05) is 30.8 Å². The number of hydrogen-bond donors (Lipinski definition) is 1. The molecule has 0 aromatic rings. The van der Waals surface area contributed by atoms with E-state index < -0.39 is 29.5 Å². The molecule has 2 atom stereocenters. The second kappa shape index (κ2) is 9.04. The van der Waals surface area contributed by atoms with Gasteiger partial charge >= 0.3 is 11.9 Å². The van der Waals surface area contributed by atoms with Gasteiger partial charge < -0.3 is 15.2 Å². The van der Waals surface area contributed by atoms with Crippen LogP contribution < -0.4 is 5.73 Å². The first kappa shape index (κ1) is 19.9. The lowest BCUT2D eigenvalue weighted by Crippen LogP contribution is -2.41. The molecule has 0 rings (SSSR count). The number of thioether (sulfide) groups is 1. The Morgan fingerprint density at radius 3 is 2.10 bits per heavy atom. The van der Waals surface area contributed by atoms with Crippen LogP contribution in [0.3, 0.4) is 0 Å². The number of ether oxygens (including phenoxy) is 2. The van der Waals surface area contributed by atoms with Gasteiger partial charge in [0.25, 0.3) is 0 Å². The van der Waals surface area contributed by atoms with Gasteiger partial charge in [-0.1, -0.05) is 20.8 Å². The molecule has 2 N–H and O–H groups in total. The third kappa shape index (κ3) is 9.47. The molecule has 0 heterocycles. The quantitative estimate of drug-likeness (QED) is 0.671. The molecule has 0 aromatic carbocycles. The van der Waals surface area contributed by atoms with E-state index in [9.17, 15) is 14.4 Å². The predicted molar refractivity (Wildman–Crippen MR) is 81.9 cm³/mol. The number of carbonyl (C=O) groups excluding carboxylic acids is 3. The molecule has 0 bridgehead atoms. The first-order chi connectivity index (χ1) is 9.54. The van der Waals surface area contributed by atoms with Gasteiger partial charge in [0.1, 0.15) is 12.7 Å². The standard InChI is InChI=1S/C14H25NO5S/c1-9(16)19-6-11(20-10(2)17)7-21-8-12(15)13(18)14(3,4)5/h11-12H,6-8,15H2,1-5H3. The summed E-state index contributed by atoms with van der Waals surface area (Å²) in [5.41, 5.74) is 5.37. The molecule has 0 spiro atoms. The van der Waals surface area contributed by atoms with Crippen molar-refractivity contribution in [2.45, 2.75) is 46.8 Å². The van der Waals surface area contributed by atoms with Crippen LogP contribution in [0.25, 0.3) is 0 Å². The van der Waals surface area contributed by atoms with E-state index in [1.807, 2.05) is 20.8 Å². The van der Waals surface area contributed by atoms with Crippen molar-refractivity contribution in [1.29, 1.82) is 0 Å². The summed E-state index contributed by atoms with van der Waals surface area (Å²) in [7, 11) is 0. The number of Topliss-reactive ketones (excluding diaryl/α,β-unsaturated/α-hetero) is 1. The Hall–Kier alpha value is -1.08. The first-order valence-electron chi connectivity index (χ1n) is 6.72. The van der Waals surface area contributed by atoms with Crippen LogP contribution in [-0.2, 0) is 23.9 Å². The van der Waals surface area contributed by atoms with Crippen LogP contribution >= 0.6 is 11.8 Å². The summed E-state index contributed by atoms with van der Waals surface area (Å²) in [5, 5.41) is 0. The van der Waals surface area contributed by atoms with Crippen LogP contribution in [0.4, 0.5) is 0 Å². The van der Waals surface area contributed by atoms with Gasteiger partial charge in [-0.3, -0.25) is 14.4 Å². The minimum absolute atomic E-state index is 0.00433. The summed E-state index contributed by atoms with van der Waals surface area (Å²) < 4.78 is 9.88. The molecule has 0 aliphatic heterocycles. The number of carbonyl (C=O) groups is 3. The Morgan fingerprint density at radius 2 is 1.67 bits per heavy atom. The number of rotatable bonds is 8. The van der Waals surface area contributed by atoms with Crippen molar-refractivity contribution >= 4 is 29.5 Å². The summed E-state index contributed by atoms with van der Waals surface area (Å²) >= 11 is 1.39. The molecule has 0 aliphatic carbocycles. The lowest BCUT2D eigenvalue weighted by Gasteiger charge is -2.22. The van der Waals surface area contributed by atoms with Crippen molar-refractivity contribution in [2.75, 3.05) is 18.1 Å². The molecule has 122 valence electrons. The van der Waals surface area contributed by atoms with Gasteiger partial charge in [0.15, 0.2) is 5.78 Å². The second-order valence-electron chi connectivity index (χ2n) is 5.79. The third-order valence-electron chi connectivity index (χ3n) is 2.48. The molecule has 0 saturated carbocycles. The van der Waals surface area contributed by atoms with E-state index in [0.717, 1.165) is 0 Å². The number of nitrogens with two attached hydrogens (primary N) is 1. The zero-order chi connectivity index (χ0) is 16.6. The first-order valence-corrected chi connectivity index (χ1v) is 7.87. The number of esters is 2. The molecular weight excluding hydrogens is 294 g/mol. The predicted octanol–water partition coefficient (Wildman–Crippen LogP) is 1.16. The summed E-state index contributed by atoms with van der Waals surface area (Å²) in [4.78, 5) is 33.7. The Morgan fingerprint density at radius 1 is 1.10 bits per heavy atom. The molecule has 21 heavy (non-hydrogen) atoms. The minimum atomic E-state index is -0.568. The topological polar surface area (TPSA) is 95.7 Å². The van der Waals surface area contributed by atoms with Crippen LogP contribution in [0.2, 0.25) is 0 Å². The molecule has 0 radical (unpaired) electrons. The lowest BCUT2D eigenvalue weighted by molar-refractivity contribution is -0.154. The van der Waals surface area contributed by atoms with Crippen molar-refractivity contribution in [1.82, 2.24) is 0 Å². The molecule has 0 fully saturated rings. The van der Waals surface area contributed by atoms with Crippen molar-refractivity contribution in [2.24, 2.45) is 11.1 Å². The van der Waals surface area contributed by atoms with E-state index in [-0.39, 0.29) is 12.4 Å². The fraction of sp³-hybridized carbons (Fsp3) is 0.786. The molecule has 0 saturated heterocycles. The van der Waals surface area contributed by atoms with E-state index in [4.69, 9.17) is 15.2 Å². The average Bonchev–Trinajstić information content (AvgIpc) is 2.32. The van der Waals surface area contributed by atoms with Crippen LogP contribution in [0.15, 0.2) is 0 Å². The molecular formula is C14H25NO5S. The number of ketones is 1.